The Labute approximate surface area is 82.9 Å². The molecule has 0 unspecified atom stereocenters. The fraction of sp³-hybridized carbons (Fsp3) is 0.667. The number of rotatable bonds is 5. The van der Waals surface area contributed by atoms with Gasteiger partial charge in [0.2, 0.25) is 0 Å². The van der Waals surface area contributed by atoms with Gasteiger partial charge in [-0.1, -0.05) is 6.92 Å². The average Bonchev–Trinajstić information content (AvgIpc) is 2.47. The minimum absolute atomic E-state index is 0.581. The van der Waals surface area contributed by atoms with Gasteiger partial charge in [-0.05, 0) is 13.3 Å². The van der Waals surface area contributed by atoms with Crippen LogP contribution in [0.1, 0.15) is 28.9 Å². The summed E-state index contributed by atoms with van der Waals surface area (Å²) in [6.45, 7) is 6.09. The van der Waals surface area contributed by atoms with Crippen molar-refractivity contribution in [2.45, 2.75) is 33.4 Å². The maximum atomic E-state index is 5.55. The third-order valence-electron chi connectivity index (χ3n) is 1.70. The van der Waals surface area contributed by atoms with Crippen molar-refractivity contribution in [3.05, 3.63) is 15.6 Å². The van der Waals surface area contributed by atoms with E-state index in [9.17, 15) is 0 Å². The van der Waals surface area contributed by atoms with Crippen LogP contribution in [-0.4, -0.2) is 11.6 Å². The summed E-state index contributed by atoms with van der Waals surface area (Å²) in [5, 5.41) is 1.03. The van der Waals surface area contributed by atoms with Gasteiger partial charge in [0, 0.05) is 18.0 Å². The van der Waals surface area contributed by atoms with E-state index in [1.165, 1.54) is 0 Å². The van der Waals surface area contributed by atoms with E-state index in [4.69, 9.17) is 10.5 Å². The lowest BCUT2D eigenvalue weighted by Gasteiger charge is -1.96. The van der Waals surface area contributed by atoms with Gasteiger partial charge in [-0.25, -0.2) is 4.98 Å². The maximum absolute atomic E-state index is 5.55. The van der Waals surface area contributed by atoms with Crippen LogP contribution in [0, 0.1) is 6.92 Å². The second-order valence-electron chi connectivity index (χ2n) is 2.87. The summed E-state index contributed by atoms with van der Waals surface area (Å²) in [6, 6.07) is 0. The van der Waals surface area contributed by atoms with Gasteiger partial charge in [-0.2, -0.15) is 0 Å². The topological polar surface area (TPSA) is 48.1 Å². The molecule has 0 saturated carbocycles. The molecule has 0 aromatic carbocycles. The summed E-state index contributed by atoms with van der Waals surface area (Å²) in [6.07, 6.45) is 1.05. The normalized spacial score (nSPS) is 10.7. The Balaban J connectivity index is 2.48. The van der Waals surface area contributed by atoms with E-state index in [0.29, 0.717) is 13.2 Å². The van der Waals surface area contributed by atoms with Crippen molar-refractivity contribution in [3.8, 4) is 0 Å². The van der Waals surface area contributed by atoms with E-state index in [1.54, 1.807) is 11.3 Å². The highest BCUT2D eigenvalue weighted by Crippen LogP contribution is 2.17. The highest BCUT2D eigenvalue weighted by molar-refractivity contribution is 7.11. The zero-order valence-corrected chi connectivity index (χ0v) is 8.99. The molecule has 0 aliphatic carbocycles. The number of aryl methyl sites for hydroxylation is 1. The minimum Gasteiger partial charge on any atom is -0.374 e. The summed E-state index contributed by atoms with van der Waals surface area (Å²) in [4.78, 5) is 5.53. The minimum atomic E-state index is 0.581. The smallest absolute Gasteiger partial charge is 0.119 e. The van der Waals surface area contributed by atoms with Crippen molar-refractivity contribution in [2.75, 3.05) is 6.61 Å². The molecule has 0 amide bonds. The molecule has 3 nitrogen and oxygen atoms in total. The predicted octanol–water partition coefficient (Wildman–Crippen LogP) is 1.84. The molecule has 0 fully saturated rings. The van der Waals surface area contributed by atoms with Gasteiger partial charge < -0.3 is 10.5 Å². The molecule has 0 aliphatic heterocycles. The van der Waals surface area contributed by atoms with E-state index in [0.717, 1.165) is 28.6 Å². The standard InChI is InChI=1S/C9H16N2OS/c1-3-4-12-6-9-11-7(2)8(5-10)13-9/h3-6,10H2,1-2H3. The predicted molar refractivity (Wildman–Crippen MR) is 54.7 cm³/mol. The van der Waals surface area contributed by atoms with Gasteiger partial charge in [0.05, 0.1) is 12.3 Å². The number of hydrogen-bond donors (Lipinski definition) is 1. The zero-order valence-electron chi connectivity index (χ0n) is 8.17. The molecule has 74 valence electrons. The van der Waals surface area contributed by atoms with Crippen LogP contribution in [-0.2, 0) is 17.9 Å². The molecule has 0 aliphatic rings. The van der Waals surface area contributed by atoms with Crippen LogP contribution in [0.25, 0.3) is 0 Å². The molecular formula is C9H16N2OS. The first-order chi connectivity index (χ1) is 6.27. The van der Waals surface area contributed by atoms with Gasteiger partial charge in [-0.3, -0.25) is 0 Å². The van der Waals surface area contributed by atoms with Gasteiger partial charge in [0.25, 0.3) is 0 Å². The van der Waals surface area contributed by atoms with Gasteiger partial charge in [0.15, 0.2) is 0 Å². The van der Waals surface area contributed by atoms with Crippen LogP contribution < -0.4 is 5.73 Å². The average molecular weight is 200 g/mol. The third kappa shape index (κ3) is 3.06. The third-order valence-corrected chi connectivity index (χ3v) is 2.85. The molecule has 13 heavy (non-hydrogen) atoms. The Morgan fingerprint density at radius 3 is 2.85 bits per heavy atom. The van der Waals surface area contributed by atoms with Crippen molar-refractivity contribution in [2.24, 2.45) is 5.73 Å². The van der Waals surface area contributed by atoms with Crippen LogP contribution in [0.4, 0.5) is 0 Å². The molecule has 2 N–H and O–H groups in total. The van der Waals surface area contributed by atoms with Crippen molar-refractivity contribution in [3.63, 3.8) is 0 Å². The second-order valence-corrected chi connectivity index (χ2v) is 4.04. The second kappa shape index (κ2) is 5.32. The molecule has 0 bridgehead atoms. The van der Waals surface area contributed by atoms with E-state index < -0.39 is 0 Å². The highest BCUT2D eigenvalue weighted by Gasteiger charge is 2.05. The Morgan fingerprint density at radius 2 is 2.31 bits per heavy atom. The van der Waals surface area contributed by atoms with Crippen LogP contribution in [0.3, 0.4) is 0 Å². The van der Waals surface area contributed by atoms with Gasteiger partial charge in [-0.15, -0.1) is 11.3 Å². The van der Waals surface area contributed by atoms with Crippen molar-refractivity contribution < 1.29 is 4.74 Å². The summed E-state index contributed by atoms with van der Waals surface area (Å²) >= 11 is 1.65. The molecule has 1 rings (SSSR count). The summed E-state index contributed by atoms with van der Waals surface area (Å²) in [5.74, 6) is 0. The van der Waals surface area contributed by atoms with Crippen molar-refractivity contribution >= 4 is 11.3 Å². The van der Waals surface area contributed by atoms with E-state index in [1.807, 2.05) is 6.92 Å². The number of hydrogen-bond acceptors (Lipinski definition) is 4. The quantitative estimate of drug-likeness (QED) is 0.738. The lowest BCUT2D eigenvalue weighted by molar-refractivity contribution is 0.121. The van der Waals surface area contributed by atoms with Crippen molar-refractivity contribution in [1.82, 2.24) is 4.98 Å². The molecule has 1 aromatic heterocycles. The first kappa shape index (κ1) is 10.6. The van der Waals surface area contributed by atoms with E-state index in [2.05, 4.69) is 11.9 Å². The lowest BCUT2D eigenvalue weighted by atomic mass is 10.4. The number of ether oxygens (including phenoxy) is 1. The lowest BCUT2D eigenvalue weighted by Crippen LogP contribution is -1.94. The Morgan fingerprint density at radius 1 is 1.54 bits per heavy atom. The molecule has 1 aromatic rings. The number of aromatic nitrogens is 1. The number of nitrogens with zero attached hydrogens (tertiary/aromatic N) is 1. The number of thiazole rings is 1. The fourth-order valence-electron chi connectivity index (χ4n) is 1.04. The monoisotopic (exact) mass is 200 g/mol. The first-order valence-corrected chi connectivity index (χ1v) is 5.32. The van der Waals surface area contributed by atoms with Crippen LogP contribution in [0.15, 0.2) is 0 Å². The van der Waals surface area contributed by atoms with E-state index in [-0.39, 0.29) is 0 Å². The van der Waals surface area contributed by atoms with Crippen LogP contribution >= 0.6 is 11.3 Å². The molecule has 4 heteroatoms. The molecule has 0 atom stereocenters. The summed E-state index contributed by atoms with van der Waals surface area (Å²) < 4.78 is 5.39. The molecule has 0 spiro atoms. The van der Waals surface area contributed by atoms with Crippen LogP contribution in [0.2, 0.25) is 0 Å². The largest absolute Gasteiger partial charge is 0.374 e. The number of nitrogens with two attached hydrogens (primary N) is 1. The molecule has 0 radical (unpaired) electrons. The SMILES string of the molecule is CCCOCc1nc(C)c(CN)s1. The Bertz CT molecular complexity index is 260. The Kier molecular flexibility index (Phi) is 4.35. The summed E-state index contributed by atoms with van der Waals surface area (Å²) in [5.41, 5.74) is 6.59. The Hall–Kier alpha value is -0.450. The molecular weight excluding hydrogens is 184 g/mol. The zero-order chi connectivity index (χ0) is 9.68. The van der Waals surface area contributed by atoms with Gasteiger partial charge >= 0.3 is 0 Å². The van der Waals surface area contributed by atoms with Crippen LogP contribution in [0.5, 0.6) is 0 Å². The summed E-state index contributed by atoms with van der Waals surface area (Å²) in [7, 11) is 0. The molecule has 0 saturated heterocycles. The van der Waals surface area contributed by atoms with E-state index >= 15 is 0 Å². The van der Waals surface area contributed by atoms with Gasteiger partial charge in [0.1, 0.15) is 5.01 Å². The maximum Gasteiger partial charge on any atom is 0.119 e. The highest BCUT2D eigenvalue weighted by atomic mass is 32.1. The molecule has 1 heterocycles. The van der Waals surface area contributed by atoms with Crippen molar-refractivity contribution in [1.29, 1.82) is 0 Å². The first-order valence-electron chi connectivity index (χ1n) is 4.51. The fourth-order valence-corrected chi connectivity index (χ4v) is 1.93.